The summed E-state index contributed by atoms with van der Waals surface area (Å²) >= 11 is 3.99. The Bertz CT molecular complexity index is 68.2. The molecule has 0 aromatic rings. The molecule has 0 aliphatic heterocycles. The first-order valence-electron chi connectivity index (χ1n) is 3.13. The van der Waals surface area contributed by atoms with Crippen molar-refractivity contribution in [3.8, 4) is 0 Å². The van der Waals surface area contributed by atoms with E-state index in [1.54, 1.807) is 0 Å². The van der Waals surface area contributed by atoms with Gasteiger partial charge in [-0.25, -0.2) is 0 Å². The van der Waals surface area contributed by atoms with Gasteiger partial charge in [-0.3, -0.25) is 0 Å². The van der Waals surface area contributed by atoms with Crippen LogP contribution in [0.2, 0.25) is 0 Å². The first-order chi connectivity index (χ1) is 3.84. The van der Waals surface area contributed by atoms with Gasteiger partial charge in [0.2, 0.25) is 0 Å². The molecule has 0 spiro atoms. The molecule has 1 aliphatic rings. The fourth-order valence-corrected chi connectivity index (χ4v) is 1.27. The molecule has 1 nitrogen and oxygen atoms in total. The maximum Gasteiger partial charge on any atom is 0.0656 e. The van der Waals surface area contributed by atoms with Gasteiger partial charge in [-0.05, 0) is 18.8 Å². The number of thiol groups is 1. The van der Waals surface area contributed by atoms with Crippen molar-refractivity contribution >= 4 is 12.6 Å². The molecule has 0 saturated heterocycles. The summed E-state index contributed by atoms with van der Waals surface area (Å²) in [5, 5.41) is 9.10. The number of hydrogen-bond acceptors (Lipinski definition) is 2. The van der Waals surface area contributed by atoms with Gasteiger partial charge in [0, 0.05) is 5.75 Å². The van der Waals surface area contributed by atoms with Crippen molar-refractivity contribution in [3.05, 3.63) is 0 Å². The van der Waals surface area contributed by atoms with E-state index < -0.39 is 0 Å². The Morgan fingerprint density at radius 3 is 2.38 bits per heavy atom. The average Bonchev–Trinajstić information content (AvgIpc) is 1.62. The van der Waals surface area contributed by atoms with Gasteiger partial charge in [0.25, 0.3) is 0 Å². The van der Waals surface area contributed by atoms with Gasteiger partial charge in [-0.15, -0.1) is 0 Å². The molecule has 1 atom stereocenters. The van der Waals surface area contributed by atoms with Gasteiger partial charge >= 0.3 is 0 Å². The average molecular weight is 132 g/mol. The fraction of sp³-hybridized carbons (Fsp3) is 1.00. The molecule has 2 heteroatoms. The lowest BCUT2D eigenvalue weighted by Gasteiger charge is -2.29. The number of hydrogen-bond donors (Lipinski definition) is 2. The van der Waals surface area contributed by atoms with Gasteiger partial charge in [-0.1, -0.05) is 6.42 Å². The van der Waals surface area contributed by atoms with E-state index in [1.807, 2.05) is 0 Å². The molecule has 0 radical (unpaired) electrons. The SMILES string of the molecule is OC(CS)C1CCC1. The Kier molecular flexibility index (Phi) is 2.20. The minimum atomic E-state index is -0.132. The molecule has 1 rings (SSSR count). The zero-order chi connectivity index (χ0) is 5.98. The highest BCUT2D eigenvalue weighted by atomic mass is 32.1. The third-order valence-electron chi connectivity index (χ3n) is 1.88. The van der Waals surface area contributed by atoms with Crippen molar-refractivity contribution in [1.82, 2.24) is 0 Å². The largest absolute Gasteiger partial charge is 0.392 e. The molecule has 0 amide bonds. The summed E-state index contributed by atoms with van der Waals surface area (Å²) in [7, 11) is 0. The van der Waals surface area contributed by atoms with E-state index in [9.17, 15) is 0 Å². The summed E-state index contributed by atoms with van der Waals surface area (Å²) in [6, 6.07) is 0. The smallest absolute Gasteiger partial charge is 0.0656 e. The second-order valence-corrected chi connectivity index (χ2v) is 2.81. The number of aliphatic hydroxyl groups excluding tert-OH is 1. The van der Waals surface area contributed by atoms with Gasteiger partial charge in [0.1, 0.15) is 0 Å². The molecule has 0 heterocycles. The summed E-state index contributed by atoms with van der Waals surface area (Å²) in [4.78, 5) is 0. The molecule has 1 saturated carbocycles. The molecule has 1 N–H and O–H groups in total. The normalized spacial score (nSPS) is 24.8. The third-order valence-corrected chi connectivity index (χ3v) is 2.26. The zero-order valence-corrected chi connectivity index (χ0v) is 5.77. The van der Waals surface area contributed by atoms with Gasteiger partial charge < -0.3 is 5.11 Å². The minimum Gasteiger partial charge on any atom is -0.392 e. The summed E-state index contributed by atoms with van der Waals surface area (Å²) < 4.78 is 0. The third kappa shape index (κ3) is 1.17. The lowest BCUT2D eigenvalue weighted by Crippen LogP contribution is -2.27. The Morgan fingerprint density at radius 1 is 1.62 bits per heavy atom. The van der Waals surface area contributed by atoms with E-state index >= 15 is 0 Å². The highest BCUT2D eigenvalue weighted by Gasteiger charge is 2.23. The minimum absolute atomic E-state index is 0.132. The fourth-order valence-electron chi connectivity index (χ4n) is 0.974. The molecule has 0 bridgehead atoms. The van der Waals surface area contributed by atoms with E-state index in [0.717, 1.165) is 0 Å². The molecule has 0 aromatic carbocycles. The molecule has 1 aliphatic carbocycles. The molecular weight excluding hydrogens is 120 g/mol. The van der Waals surface area contributed by atoms with E-state index in [-0.39, 0.29) is 6.10 Å². The van der Waals surface area contributed by atoms with Crippen LogP contribution in [0.15, 0.2) is 0 Å². The molecule has 1 fully saturated rings. The van der Waals surface area contributed by atoms with Crippen molar-refractivity contribution in [1.29, 1.82) is 0 Å². The Hall–Kier alpha value is 0.310. The van der Waals surface area contributed by atoms with Crippen molar-refractivity contribution < 1.29 is 5.11 Å². The van der Waals surface area contributed by atoms with E-state index in [1.165, 1.54) is 19.3 Å². The topological polar surface area (TPSA) is 20.2 Å². The number of rotatable bonds is 2. The first-order valence-corrected chi connectivity index (χ1v) is 3.76. The maximum absolute atomic E-state index is 9.10. The van der Waals surface area contributed by atoms with Crippen LogP contribution in [0, 0.1) is 5.92 Å². The molecule has 8 heavy (non-hydrogen) atoms. The quantitative estimate of drug-likeness (QED) is 0.539. The van der Waals surface area contributed by atoms with E-state index in [4.69, 9.17) is 5.11 Å². The van der Waals surface area contributed by atoms with Gasteiger partial charge in [0.05, 0.1) is 6.10 Å². The highest BCUT2D eigenvalue weighted by molar-refractivity contribution is 7.80. The summed E-state index contributed by atoms with van der Waals surface area (Å²) in [6.07, 6.45) is 3.59. The molecule has 0 aromatic heterocycles. The van der Waals surface area contributed by atoms with Crippen molar-refractivity contribution in [2.45, 2.75) is 25.4 Å². The van der Waals surface area contributed by atoms with Gasteiger partial charge in [-0.2, -0.15) is 12.6 Å². The Balaban J connectivity index is 2.13. The second kappa shape index (κ2) is 2.74. The van der Waals surface area contributed by atoms with Crippen LogP contribution in [0.4, 0.5) is 0 Å². The van der Waals surface area contributed by atoms with Crippen LogP contribution in [0.3, 0.4) is 0 Å². The monoisotopic (exact) mass is 132 g/mol. The summed E-state index contributed by atoms with van der Waals surface area (Å²) in [5.41, 5.74) is 0. The van der Waals surface area contributed by atoms with E-state index in [0.29, 0.717) is 11.7 Å². The van der Waals surface area contributed by atoms with Crippen molar-refractivity contribution in [2.24, 2.45) is 5.92 Å². The van der Waals surface area contributed by atoms with Crippen LogP contribution in [-0.4, -0.2) is 17.0 Å². The van der Waals surface area contributed by atoms with Crippen LogP contribution in [0.25, 0.3) is 0 Å². The predicted molar refractivity (Wildman–Crippen MR) is 37.2 cm³/mol. The van der Waals surface area contributed by atoms with E-state index in [2.05, 4.69) is 12.6 Å². The summed E-state index contributed by atoms with van der Waals surface area (Å²) in [6.45, 7) is 0. The second-order valence-electron chi connectivity index (χ2n) is 2.44. The predicted octanol–water partition coefficient (Wildman–Crippen LogP) is 1.08. The first kappa shape index (κ1) is 6.43. The lowest BCUT2D eigenvalue weighted by atomic mass is 9.82. The van der Waals surface area contributed by atoms with Crippen LogP contribution in [0.5, 0.6) is 0 Å². The molecule has 48 valence electrons. The van der Waals surface area contributed by atoms with Crippen molar-refractivity contribution in [2.75, 3.05) is 5.75 Å². The standard InChI is InChI=1S/C6H12OS/c7-6(4-8)5-2-1-3-5/h5-8H,1-4H2. The number of aliphatic hydroxyl groups is 1. The van der Waals surface area contributed by atoms with Gasteiger partial charge in [0.15, 0.2) is 0 Å². The van der Waals surface area contributed by atoms with Crippen molar-refractivity contribution in [3.63, 3.8) is 0 Å². The summed E-state index contributed by atoms with van der Waals surface area (Å²) in [5.74, 6) is 1.21. The Morgan fingerprint density at radius 2 is 2.25 bits per heavy atom. The Labute approximate surface area is 55.5 Å². The molecule has 1 unspecified atom stereocenters. The van der Waals surface area contributed by atoms with Crippen LogP contribution < -0.4 is 0 Å². The maximum atomic E-state index is 9.10. The zero-order valence-electron chi connectivity index (χ0n) is 4.88. The highest BCUT2D eigenvalue weighted by Crippen LogP contribution is 2.29. The van der Waals surface area contributed by atoms with Crippen LogP contribution >= 0.6 is 12.6 Å². The van der Waals surface area contributed by atoms with Crippen LogP contribution in [0.1, 0.15) is 19.3 Å². The van der Waals surface area contributed by atoms with Crippen LogP contribution in [-0.2, 0) is 0 Å². The lowest BCUT2D eigenvalue weighted by molar-refractivity contribution is 0.0820. The molecular formula is C6H12OS.